The van der Waals surface area contributed by atoms with Crippen LogP contribution in [0.4, 0.5) is 0 Å². The predicted octanol–water partition coefficient (Wildman–Crippen LogP) is 3.29. The van der Waals surface area contributed by atoms with E-state index in [2.05, 4.69) is 5.32 Å². The summed E-state index contributed by atoms with van der Waals surface area (Å²) in [7, 11) is 4.55. The molecule has 3 rings (SSSR count). The lowest BCUT2D eigenvalue weighted by Crippen LogP contribution is -2.33. The Labute approximate surface area is 175 Å². The first-order valence-corrected chi connectivity index (χ1v) is 9.59. The van der Waals surface area contributed by atoms with E-state index in [1.807, 2.05) is 6.07 Å². The van der Waals surface area contributed by atoms with Gasteiger partial charge in [-0.3, -0.25) is 4.79 Å². The number of nitrogens with one attached hydrogen (secondary N) is 1. The standard InChI is InChI=1S/C23H25NO6/c1-27-18-13-15(14-19(28-2)22(18)29-3)9-12-20(25)30-21(16-7-5-4-6-8-16)23(26)24-17-10-11-17/h4-9,12-14,17,21H,10-11H2,1-3H3,(H,24,26)/b12-9+/t21-/m1/s1. The maximum atomic E-state index is 12.6. The summed E-state index contributed by atoms with van der Waals surface area (Å²) in [6.07, 6.45) is 3.71. The first-order valence-electron chi connectivity index (χ1n) is 9.59. The van der Waals surface area contributed by atoms with Crippen LogP contribution < -0.4 is 19.5 Å². The van der Waals surface area contributed by atoms with Gasteiger partial charge in [-0.2, -0.15) is 0 Å². The lowest BCUT2D eigenvalue weighted by atomic mass is 10.1. The molecule has 1 aliphatic carbocycles. The molecule has 0 radical (unpaired) electrons. The Bertz CT molecular complexity index is 896. The van der Waals surface area contributed by atoms with E-state index in [0.717, 1.165) is 12.8 Å². The maximum Gasteiger partial charge on any atom is 0.331 e. The molecule has 0 aromatic heterocycles. The molecule has 30 heavy (non-hydrogen) atoms. The Morgan fingerprint density at radius 3 is 2.17 bits per heavy atom. The van der Waals surface area contributed by atoms with E-state index in [0.29, 0.717) is 28.4 Å². The van der Waals surface area contributed by atoms with Crippen LogP contribution in [-0.2, 0) is 14.3 Å². The monoisotopic (exact) mass is 411 g/mol. The molecule has 2 aromatic carbocycles. The molecule has 0 aliphatic heterocycles. The fourth-order valence-corrected chi connectivity index (χ4v) is 2.92. The Balaban J connectivity index is 1.76. The summed E-state index contributed by atoms with van der Waals surface area (Å²) in [5.74, 6) is 0.439. The zero-order valence-electron chi connectivity index (χ0n) is 17.2. The molecule has 0 heterocycles. The smallest absolute Gasteiger partial charge is 0.331 e. The molecule has 0 spiro atoms. The average Bonchev–Trinajstić information content (AvgIpc) is 3.59. The Morgan fingerprint density at radius 2 is 1.63 bits per heavy atom. The number of methoxy groups -OCH3 is 3. The molecule has 7 heteroatoms. The van der Waals surface area contributed by atoms with E-state index in [-0.39, 0.29) is 11.9 Å². The lowest BCUT2D eigenvalue weighted by molar-refractivity contribution is -0.151. The van der Waals surface area contributed by atoms with Gasteiger partial charge in [0.2, 0.25) is 11.9 Å². The molecular formula is C23H25NO6. The Kier molecular flexibility index (Phi) is 6.95. The van der Waals surface area contributed by atoms with E-state index in [9.17, 15) is 9.59 Å². The van der Waals surface area contributed by atoms with Crippen LogP contribution in [0.15, 0.2) is 48.5 Å². The van der Waals surface area contributed by atoms with E-state index in [1.165, 1.54) is 27.4 Å². The molecule has 1 aliphatic rings. The number of benzene rings is 2. The zero-order chi connectivity index (χ0) is 21.5. The number of ether oxygens (including phenoxy) is 4. The normalized spacial score (nSPS) is 14.1. The minimum atomic E-state index is -1.01. The van der Waals surface area contributed by atoms with Crippen molar-refractivity contribution in [3.05, 3.63) is 59.7 Å². The molecule has 2 aromatic rings. The highest BCUT2D eigenvalue weighted by molar-refractivity contribution is 5.91. The second-order valence-electron chi connectivity index (χ2n) is 6.80. The molecule has 0 saturated heterocycles. The van der Waals surface area contributed by atoms with Crippen molar-refractivity contribution >= 4 is 18.0 Å². The van der Waals surface area contributed by atoms with Gasteiger partial charge in [0, 0.05) is 17.7 Å². The molecule has 1 amide bonds. The average molecular weight is 411 g/mol. The first kappa shape index (κ1) is 21.2. The van der Waals surface area contributed by atoms with Crippen LogP contribution in [0.1, 0.15) is 30.1 Å². The molecular weight excluding hydrogens is 386 g/mol. The van der Waals surface area contributed by atoms with Crippen LogP contribution in [0.2, 0.25) is 0 Å². The van der Waals surface area contributed by atoms with Gasteiger partial charge in [-0.1, -0.05) is 30.3 Å². The minimum Gasteiger partial charge on any atom is -0.493 e. The van der Waals surface area contributed by atoms with E-state index >= 15 is 0 Å². The van der Waals surface area contributed by atoms with Crippen LogP contribution in [-0.4, -0.2) is 39.2 Å². The number of rotatable bonds is 9. The van der Waals surface area contributed by atoms with Gasteiger partial charge in [0.15, 0.2) is 11.5 Å². The van der Waals surface area contributed by atoms with E-state index in [1.54, 1.807) is 42.5 Å². The summed E-state index contributed by atoms with van der Waals surface area (Å²) in [6, 6.07) is 12.5. The molecule has 1 atom stereocenters. The summed E-state index contributed by atoms with van der Waals surface area (Å²) in [5.41, 5.74) is 1.27. The van der Waals surface area contributed by atoms with Crippen molar-refractivity contribution < 1.29 is 28.5 Å². The van der Waals surface area contributed by atoms with E-state index < -0.39 is 12.1 Å². The molecule has 158 valence electrons. The van der Waals surface area contributed by atoms with Crippen molar-refractivity contribution in [3.63, 3.8) is 0 Å². The van der Waals surface area contributed by atoms with E-state index in [4.69, 9.17) is 18.9 Å². The molecule has 0 unspecified atom stereocenters. The number of hydrogen-bond donors (Lipinski definition) is 1. The van der Waals surface area contributed by atoms with Crippen molar-refractivity contribution in [3.8, 4) is 17.2 Å². The molecule has 0 bridgehead atoms. The quantitative estimate of drug-likeness (QED) is 0.504. The largest absolute Gasteiger partial charge is 0.493 e. The highest BCUT2D eigenvalue weighted by Gasteiger charge is 2.30. The predicted molar refractivity (Wildman–Crippen MR) is 112 cm³/mol. The molecule has 1 saturated carbocycles. The fourth-order valence-electron chi connectivity index (χ4n) is 2.92. The van der Waals surface area contributed by atoms with Gasteiger partial charge in [-0.05, 0) is 36.6 Å². The zero-order valence-corrected chi connectivity index (χ0v) is 17.2. The second kappa shape index (κ2) is 9.82. The van der Waals surface area contributed by atoms with Gasteiger partial charge >= 0.3 is 5.97 Å². The number of hydrogen-bond acceptors (Lipinski definition) is 6. The number of carbonyl (C=O) groups is 2. The van der Waals surface area contributed by atoms with Crippen molar-refractivity contribution in [2.45, 2.75) is 25.0 Å². The van der Waals surface area contributed by atoms with Gasteiger partial charge in [-0.15, -0.1) is 0 Å². The topological polar surface area (TPSA) is 83.1 Å². The summed E-state index contributed by atoms with van der Waals surface area (Å²) >= 11 is 0. The highest BCUT2D eigenvalue weighted by atomic mass is 16.5. The van der Waals surface area contributed by atoms with Gasteiger partial charge in [0.1, 0.15) is 0 Å². The third-order valence-corrected chi connectivity index (χ3v) is 4.60. The van der Waals surface area contributed by atoms with Crippen molar-refractivity contribution in [2.75, 3.05) is 21.3 Å². The molecule has 1 N–H and O–H groups in total. The molecule has 7 nitrogen and oxygen atoms in total. The minimum absolute atomic E-state index is 0.164. The lowest BCUT2D eigenvalue weighted by Gasteiger charge is -2.17. The van der Waals surface area contributed by atoms with Gasteiger partial charge in [-0.25, -0.2) is 4.79 Å². The summed E-state index contributed by atoms with van der Waals surface area (Å²) in [4.78, 5) is 25.0. The van der Waals surface area contributed by atoms with Gasteiger partial charge in [0.05, 0.1) is 21.3 Å². The van der Waals surface area contributed by atoms with Gasteiger partial charge < -0.3 is 24.3 Å². The highest BCUT2D eigenvalue weighted by Crippen LogP contribution is 2.38. The number of amides is 1. The summed E-state index contributed by atoms with van der Waals surface area (Å²) in [6.45, 7) is 0. The maximum absolute atomic E-state index is 12.6. The van der Waals surface area contributed by atoms with Crippen molar-refractivity contribution in [2.24, 2.45) is 0 Å². The van der Waals surface area contributed by atoms with Crippen molar-refractivity contribution in [1.29, 1.82) is 0 Å². The van der Waals surface area contributed by atoms with Crippen LogP contribution in [0.3, 0.4) is 0 Å². The number of esters is 1. The van der Waals surface area contributed by atoms with Crippen LogP contribution >= 0.6 is 0 Å². The third-order valence-electron chi connectivity index (χ3n) is 4.60. The molecule has 1 fully saturated rings. The van der Waals surface area contributed by atoms with Crippen molar-refractivity contribution in [1.82, 2.24) is 5.32 Å². The first-order chi connectivity index (χ1) is 14.5. The van der Waals surface area contributed by atoms with Gasteiger partial charge in [0.25, 0.3) is 5.91 Å². The fraction of sp³-hybridized carbons (Fsp3) is 0.304. The summed E-state index contributed by atoms with van der Waals surface area (Å²) in [5, 5.41) is 2.89. The second-order valence-corrected chi connectivity index (χ2v) is 6.80. The summed E-state index contributed by atoms with van der Waals surface area (Å²) < 4.78 is 21.4. The van der Waals surface area contributed by atoms with Crippen LogP contribution in [0, 0.1) is 0 Å². The number of carbonyl (C=O) groups excluding carboxylic acids is 2. The Hall–Kier alpha value is -3.48. The van der Waals surface area contributed by atoms with Crippen LogP contribution in [0.25, 0.3) is 6.08 Å². The SMILES string of the molecule is COc1cc(/C=C/C(=O)O[C@@H](C(=O)NC2CC2)c2ccccc2)cc(OC)c1OC. The van der Waals surface area contributed by atoms with Crippen LogP contribution in [0.5, 0.6) is 17.2 Å². The Morgan fingerprint density at radius 1 is 1.00 bits per heavy atom. The third kappa shape index (κ3) is 5.31.